The molecule has 1 fully saturated rings. The zero-order valence-electron chi connectivity index (χ0n) is 11.1. The number of hydrogen-bond donors (Lipinski definition) is 0. The number of alkyl halides is 1. The van der Waals surface area contributed by atoms with Crippen LogP contribution in [0.1, 0.15) is 25.1 Å². The molecular formula is C14H15BrClFN2O. The maximum atomic E-state index is 13.8. The number of rotatable bonds is 4. The fourth-order valence-electron chi connectivity index (χ4n) is 2.73. The summed E-state index contributed by atoms with van der Waals surface area (Å²) in [5.41, 5.74) is 1.36. The number of ether oxygens (including phenoxy) is 1. The number of fused-ring (bicyclic) bond motifs is 1. The van der Waals surface area contributed by atoms with E-state index in [2.05, 4.69) is 20.9 Å². The molecule has 108 valence electrons. The molecule has 1 aromatic heterocycles. The van der Waals surface area contributed by atoms with Gasteiger partial charge < -0.3 is 9.30 Å². The van der Waals surface area contributed by atoms with Crippen LogP contribution >= 0.6 is 27.5 Å². The normalized spacial score (nSPS) is 17.4. The summed E-state index contributed by atoms with van der Waals surface area (Å²) in [6.07, 6.45) is 3.20. The van der Waals surface area contributed by atoms with Gasteiger partial charge in [-0.2, -0.15) is 0 Å². The van der Waals surface area contributed by atoms with E-state index in [0.29, 0.717) is 16.9 Å². The van der Waals surface area contributed by atoms with Crippen molar-refractivity contribution in [3.05, 3.63) is 28.2 Å². The van der Waals surface area contributed by atoms with Gasteiger partial charge in [0, 0.05) is 13.2 Å². The quantitative estimate of drug-likeness (QED) is 0.761. The van der Waals surface area contributed by atoms with Crippen molar-refractivity contribution in [2.24, 2.45) is 0 Å². The molecule has 1 aliphatic rings. The minimum atomic E-state index is -0.292. The second-order valence-corrected chi connectivity index (χ2v) is 6.37. The summed E-state index contributed by atoms with van der Waals surface area (Å²) < 4.78 is 21.9. The van der Waals surface area contributed by atoms with Gasteiger partial charge in [0.1, 0.15) is 11.6 Å². The molecule has 0 N–H and O–H groups in total. The predicted molar refractivity (Wildman–Crippen MR) is 80.5 cm³/mol. The average molecular weight is 362 g/mol. The topological polar surface area (TPSA) is 27.1 Å². The van der Waals surface area contributed by atoms with Crippen LogP contribution in [0.4, 0.5) is 4.39 Å². The van der Waals surface area contributed by atoms with Crippen LogP contribution in [0.15, 0.2) is 16.6 Å². The molecule has 1 aromatic carbocycles. The summed E-state index contributed by atoms with van der Waals surface area (Å²) in [5, 5.41) is 0. The highest BCUT2D eigenvalue weighted by Crippen LogP contribution is 2.38. The molecule has 0 atom stereocenters. The maximum Gasteiger partial charge on any atom is 0.139 e. The van der Waals surface area contributed by atoms with Gasteiger partial charge in [0.2, 0.25) is 0 Å². The first-order chi connectivity index (χ1) is 9.58. The van der Waals surface area contributed by atoms with E-state index in [1.165, 1.54) is 6.07 Å². The third-order valence-electron chi connectivity index (χ3n) is 4.13. The van der Waals surface area contributed by atoms with E-state index in [4.69, 9.17) is 16.3 Å². The molecule has 6 heteroatoms. The molecule has 0 unspecified atom stereocenters. The molecule has 0 amide bonds. The first kappa shape index (κ1) is 14.3. The van der Waals surface area contributed by atoms with Gasteiger partial charge >= 0.3 is 0 Å². The molecule has 0 spiro atoms. The number of methoxy groups -OCH3 is 1. The monoisotopic (exact) mass is 360 g/mol. The smallest absolute Gasteiger partial charge is 0.139 e. The molecule has 1 saturated carbocycles. The van der Waals surface area contributed by atoms with E-state index in [1.54, 1.807) is 13.2 Å². The Morgan fingerprint density at radius 2 is 2.25 bits per heavy atom. The molecule has 0 saturated heterocycles. The Kier molecular flexibility index (Phi) is 3.77. The first-order valence-electron chi connectivity index (χ1n) is 6.54. The third-order valence-corrected chi connectivity index (χ3v) is 4.98. The van der Waals surface area contributed by atoms with Crippen molar-refractivity contribution in [1.29, 1.82) is 0 Å². The van der Waals surface area contributed by atoms with E-state index >= 15 is 0 Å². The number of halogens is 3. The summed E-state index contributed by atoms with van der Waals surface area (Å²) in [6, 6.07) is 3.20. The minimum absolute atomic E-state index is 0.155. The van der Waals surface area contributed by atoms with Crippen LogP contribution in [0.25, 0.3) is 11.0 Å². The van der Waals surface area contributed by atoms with Gasteiger partial charge in [-0.1, -0.05) is 0 Å². The number of benzene rings is 1. The van der Waals surface area contributed by atoms with Crippen LogP contribution in [0.3, 0.4) is 0 Å². The zero-order chi connectivity index (χ0) is 14.3. The molecule has 0 radical (unpaired) electrons. The molecule has 3 nitrogen and oxygen atoms in total. The largest absolute Gasteiger partial charge is 0.376 e. The summed E-state index contributed by atoms with van der Waals surface area (Å²) in [6.45, 7) is 0.670. The highest BCUT2D eigenvalue weighted by Gasteiger charge is 2.38. The van der Waals surface area contributed by atoms with Crippen molar-refractivity contribution in [1.82, 2.24) is 9.55 Å². The molecule has 1 heterocycles. The van der Waals surface area contributed by atoms with Crippen molar-refractivity contribution in [2.75, 3.05) is 7.11 Å². The van der Waals surface area contributed by atoms with Crippen LogP contribution in [-0.2, 0) is 17.2 Å². The van der Waals surface area contributed by atoms with Crippen LogP contribution in [-0.4, -0.2) is 22.3 Å². The standard InChI is InChI=1S/C14H15BrClFN2O/c1-20-14(3-2-4-14)8-19-12-6-10(17)9(15)5-11(12)18-13(19)7-16/h5-6H,2-4,7-8H2,1H3. The van der Waals surface area contributed by atoms with Gasteiger partial charge in [0.15, 0.2) is 0 Å². The third kappa shape index (κ3) is 2.26. The van der Waals surface area contributed by atoms with Gasteiger partial charge in [0.05, 0.1) is 33.5 Å². The summed E-state index contributed by atoms with van der Waals surface area (Å²) in [4.78, 5) is 4.49. The van der Waals surface area contributed by atoms with Gasteiger partial charge in [0.25, 0.3) is 0 Å². The van der Waals surface area contributed by atoms with Crippen molar-refractivity contribution in [3.8, 4) is 0 Å². The molecule has 1 aliphatic carbocycles. The Morgan fingerprint density at radius 1 is 1.50 bits per heavy atom. The van der Waals surface area contributed by atoms with E-state index in [0.717, 1.165) is 36.1 Å². The van der Waals surface area contributed by atoms with Crippen molar-refractivity contribution in [3.63, 3.8) is 0 Å². The van der Waals surface area contributed by atoms with Crippen LogP contribution in [0.2, 0.25) is 0 Å². The van der Waals surface area contributed by atoms with Gasteiger partial charge in [-0.05, 0) is 41.3 Å². The van der Waals surface area contributed by atoms with Gasteiger partial charge in [-0.3, -0.25) is 0 Å². The number of hydrogen-bond acceptors (Lipinski definition) is 2. The van der Waals surface area contributed by atoms with Crippen LogP contribution in [0.5, 0.6) is 0 Å². The highest BCUT2D eigenvalue weighted by molar-refractivity contribution is 9.10. The lowest BCUT2D eigenvalue weighted by atomic mass is 9.80. The Bertz CT molecular complexity index is 649. The number of imidazole rings is 1. The van der Waals surface area contributed by atoms with Gasteiger partial charge in [-0.15, -0.1) is 11.6 Å². The van der Waals surface area contributed by atoms with Crippen LogP contribution < -0.4 is 0 Å². The lowest BCUT2D eigenvalue weighted by Gasteiger charge is -2.41. The lowest BCUT2D eigenvalue weighted by Crippen LogP contribution is -2.43. The van der Waals surface area contributed by atoms with Crippen LogP contribution in [0, 0.1) is 5.82 Å². The second-order valence-electron chi connectivity index (χ2n) is 5.24. The van der Waals surface area contributed by atoms with Gasteiger partial charge in [-0.25, -0.2) is 9.37 Å². The summed E-state index contributed by atoms with van der Waals surface area (Å²) in [5.74, 6) is 0.760. The van der Waals surface area contributed by atoms with E-state index in [9.17, 15) is 4.39 Å². The number of nitrogens with zero attached hydrogens (tertiary/aromatic N) is 2. The van der Waals surface area contributed by atoms with Crippen molar-refractivity contribution in [2.45, 2.75) is 37.3 Å². The van der Waals surface area contributed by atoms with E-state index < -0.39 is 0 Å². The lowest BCUT2D eigenvalue weighted by molar-refractivity contribution is -0.0831. The average Bonchev–Trinajstić information content (AvgIpc) is 2.72. The zero-order valence-corrected chi connectivity index (χ0v) is 13.5. The van der Waals surface area contributed by atoms with Crippen molar-refractivity contribution < 1.29 is 9.13 Å². The SMILES string of the molecule is COC1(Cn2c(CCl)nc3cc(Br)c(F)cc32)CCC1. The Balaban J connectivity index is 2.10. The number of aromatic nitrogens is 2. The molecule has 3 rings (SSSR count). The predicted octanol–water partition coefficient (Wildman–Crippen LogP) is 4.25. The molecule has 20 heavy (non-hydrogen) atoms. The van der Waals surface area contributed by atoms with Crippen molar-refractivity contribution >= 4 is 38.6 Å². The highest BCUT2D eigenvalue weighted by atomic mass is 79.9. The Hall–Kier alpha value is -0.650. The summed E-state index contributed by atoms with van der Waals surface area (Å²) in [7, 11) is 1.73. The minimum Gasteiger partial charge on any atom is -0.376 e. The molecule has 2 aromatic rings. The second kappa shape index (κ2) is 5.28. The fraction of sp³-hybridized carbons (Fsp3) is 0.500. The molecular weight excluding hydrogens is 347 g/mol. The fourth-order valence-corrected chi connectivity index (χ4v) is 3.27. The molecule has 0 aliphatic heterocycles. The Labute approximate surface area is 130 Å². The van der Waals surface area contributed by atoms with E-state index in [1.807, 2.05) is 4.57 Å². The van der Waals surface area contributed by atoms with E-state index in [-0.39, 0.29) is 11.4 Å². The first-order valence-corrected chi connectivity index (χ1v) is 7.86. The summed E-state index contributed by atoms with van der Waals surface area (Å²) >= 11 is 9.18. The Morgan fingerprint density at radius 3 is 2.80 bits per heavy atom. The molecule has 0 bridgehead atoms. The maximum absolute atomic E-state index is 13.8.